The SMILES string of the molecule is Cc1ncc(-c2cnc(N)cc2C)[nH]1. The van der Waals surface area contributed by atoms with Gasteiger partial charge < -0.3 is 10.7 Å². The van der Waals surface area contributed by atoms with Crippen LogP contribution in [0.4, 0.5) is 5.82 Å². The molecule has 0 aliphatic heterocycles. The van der Waals surface area contributed by atoms with Gasteiger partial charge in [0.15, 0.2) is 0 Å². The number of rotatable bonds is 1. The van der Waals surface area contributed by atoms with E-state index in [1.807, 2.05) is 19.9 Å². The molecule has 72 valence electrons. The second kappa shape index (κ2) is 3.14. The van der Waals surface area contributed by atoms with Crippen LogP contribution in [0.15, 0.2) is 18.5 Å². The average molecular weight is 188 g/mol. The Morgan fingerprint density at radius 2 is 2.00 bits per heavy atom. The summed E-state index contributed by atoms with van der Waals surface area (Å²) >= 11 is 0. The summed E-state index contributed by atoms with van der Waals surface area (Å²) in [7, 11) is 0. The number of H-pyrrole nitrogens is 1. The summed E-state index contributed by atoms with van der Waals surface area (Å²) < 4.78 is 0. The van der Waals surface area contributed by atoms with Crippen LogP contribution in [0.3, 0.4) is 0 Å². The molecule has 3 N–H and O–H groups in total. The van der Waals surface area contributed by atoms with Crippen LogP contribution in [0, 0.1) is 13.8 Å². The number of nitrogen functional groups attached to an aromatic ring is 1. The summed E-state index contributed by atoms with van der Waals surface area (Å²) in [5.41, 5.74) is 8.69. The molecule has 0 aliphatic carbocycles. The number of nitrogens with two attached hydrogens (primary N) is 1. The van der Waals surface area contributed by atoms with Crippen molar-refractivity contribution in [3.8, 4) is 11.3 Å². The molecule has 0 saturated heterocycles. The van der Waals surface area contributed by atoms with Crippen LogP contribution in [0.25, 0.3) is 11.3 Å². The van der Waals surface area contributed by atoms with E-state index in [-0.39, 0.29) is 0 Å². The van der Waals surface area contributed by atoms with Gasteiger partial charge in [-0.25, -0.2) is 9.97 Å². The van der Waals surface area contributed by atoms with Crippen molar-refractivity contribution >= 4 is 5.82 Å². The zero-order valence-electron chi connectivity index (χ0n) is 8.20. The molecule has 2 heterocycles. The minimum Gasteiger partial charge on any atom is -0.384 e. The van der Waals surface area contributed by atoms with Crippen molar-refractivity contribution < 1.29 is 0 Å². The van der Waals surface area contributed by atoms with Crippen LogP contribution in [-0.2, 0) is 0 Å². The fourth-order valence-corrected chi connectivity index (χ4v) is 1.42. The number of nitrogens with one attached hydrogen (secondary N) is 1. The van der Waals surface area contributed by atoms with Crippen LogP contribution >= 0.6 is 0 Å². The fourth-order valence-electron chi connectivity index (χ4n) is 1.42. The van der Waals surface area contributed by atoms with Gasteiger partial charge in [-0.1, -0.05) is 0 Å². The molecule has 2 aromatic rings. The number of aromatic amines is 1. The molecule has 0 saturated carbocycles. The Balaban J connectivity index is 2.52. The van der Waals surface area contributed by atoms with Crippen molar-refractivity contribution in [2.24, 2.45) is 0 Å². The van der Waals surface area contributed by atoms with E-state index < -0.39 is 0 Å². The zero-order chi connectivity index (χ0) is 10.1. The van der Waals surface area contributed by atoms with E-state index in [1.165, 1.54) is 0 Å². The summed E-state index contributed by atoms with van der Waals surface area (Å²) in [6, 6.07) is 1.85. The van der Waals surface area contributed by atoms with Gasteiger partial charge in [0.05, 0.1) is 11.9 Å². The molecular weight excluding hydrogens is 176 g/mol. The molecule has 2 aromatic heterocycles. The molecule has 0 radical (unpaired) electrons. The van der Waals surface area contributed by atoms with E-state index >= 15 is 0 Å². The largest absolute Gasteiger partial charge is 0.384 e. The highest BCUT2D eigenvalue weighted by atomic mass is 14.9. The van der Waals surface area contributed by atoms with E-state index in [0.29, 0.717) is 5.82 Å². The Bertz CT molecular complexity index is 459. The van der Waals surface area contributed by atoms with Crippen LogP contribution in [-0.4, -0.2) is 15.0 Å². The number of imidazole rings is 1. The maximum atomic E-state index is 5.57. The molecule has 0 amide bonds. The first-order valence-corrected chi connectivity index (χ1v) is 4.41. The van der Waals surface area contributed by atoms with E-state index in [0.717, 1.165) is 22.6 Å². The molecule has 0 aliphatic rings. The average Bonchev–Trinajstić information content (AvgIpc) is 2.51. The Hall–Kier alpha value is -1.84. The Kier molecular flexibility index (Phi) is 1.96. The lowest BCUT2D eigenvalue weighted by atomic mass is 10.1. The summed E-state index contributed by atoms with van der Waals surface area (Å²) in [5.74, 6) is 1.44. The first-order chi connectivity index (χ1) is 6.66. The van der Waals surface area contributed by atoms with Crippen molar-refractivity contribution in [3.05, 3.63) is 29.8 Å². The number of aryl methyl sites for hydroxylation is 2. The summed E-state index contributed by atoms with van der Waals surface area (Å²) in [6.07, 6.45) is 3.56. The van der Waals surface area contributed by atoms with Crippen LogP contribution in [0.5, 0.6) is 0 Å². The minimum atomic E-state index is 0.544. The summed E-state index contributed by atoms with van der Waals surface area (Å²) in [4.78, 5) is 11.4. The molecule has 4 nitrogen and oxygen atoms in total. The Morgan fingerprint density at radius 1 is 1.21 bits per heavy atom. The van der Waals surface area contributed by atoms with Gasteiger partial charge in [0.2, 0.25) is 0 Å². The number of nitrogens with zero attached hydrogens (tertiary/aromatic N) is 2. The third-order valence-corrected chi connectivity index (χ3v) is 2.12. The van der Waals surface area contributed by atoms with Crippen molar-refractivity contribution in [1.82, 2.24) is 15.0 Å². The molecule has 0 bridgehead atoms. The number of hydrogen-bond acceptors (Lipinski definition) is 3. The molecule has 2 rings (SSSR count). The molecule has 0 atom stereocenters. The standard InChI is InChI=1S/C10H12N4/c1-6-3-10(11)13-4-8(6)9-5-12-7(2)14-9/h3-5H,1-2H3,(H2,11,13)(H,12,14). The third-order valence-electron chi connectivity index (χ3n) is 2.12. The maximum Gasteiger partial charge on any atom is 0.123 e. The van der Waals surface area contributed by atoms with Gasteiger partial charge in [0, 0.05) is 11.8 Å². The van der Waals surface area contributed by atoms with Gasteiger partial charge in [0.25, 0.3) is 0 Å². The third kappa shape index (κ3) is 1.46. The minimum absolute atomic E-state index is 0.544. The number of pyridine rings is 1. The first-order valence-electron chi connectivity index (χ1n) is 4.41. The molecule has 0 unspecified atom stereocenters. The van der Waals surface area contributed by atoms with E-state index in [9.17, 15) is 0 Å². The number of aromatic nitrogens is 3. The number of hydrogen-bond donors (Lipinski definition) is 2. The predicted molar refractivity (Wildman–Crippen MR) is 55.7 cm³/mol. The predicted octanol–water partition coefficient (Wildman–Crippen LogP) is 1.67. The van der Waals surface area contributed by atoms with Gasteiger partial charge in [-0.2, -0.15) is 0 Å². The molecule has 14 heavy (non-hydrogen) atoms. The second-order valence-corrected chi connectivity index (χ2v) is 3.31. The summed E-state index contributed by atoms with van der Waals surface area (Å²) in [5, 5.41) is 0. The monoisotopic (exact) mass is 188 g/mol. The lowest BCUT2D eigenvalue weighted by Crippen LogP contribution is -1.92. The van der Waals surface area contributed by atoms with Gasteiger partial charge in [0.1, 0.15) is 11.6 Å². The molecule has 0 aromatic carbocycles. The normalized spacial score (nSPS) is 10.4. The lowest BCUT2D eigenvalue weighted by molar-refractivity contribution is 1.15. The van der Waals surface area contributed by atoms with Gasteiger partial charge in [-0.15, -0.1) is 0 Å². The van der Waals surface area contributed by atoms with Crippen molar-refractivity contribution in [3.63, 3.8) is 0 Å². The Labute approximate surface area is 82.2 Å². The quantitative estimate of drug-likeness (QED) is 0.715. The highest BCUT2D eigenvalue weighted by Crippen LogP contribution is 2.21. The fraction of sp³-hybridized carbons (Fsp3) is 0.200. The smallest absolute Gasteiger partial charge is 0.123 e. The topological polar surface area (TPSA) is 67.6 Å². The van der Waals surface area contributed by atoms with E-state index in [1.54, 1.807) is 12.4 Å². The van der Waals surface area contributed by atoms with E-state index in [2.05, 4.69) is 15.0 Å². The van der Waals surface area contributed by atoms with Crippen molar-refractivity contribution in [2.75, 3.05) is 5.73 Å². The molecule has 0 spiro atoms. The zero-order valence-corrected chi connectivity index (χ0v) is 8.20. The Morgan fingerprint density at radius 3 is 2.57 bits per heavy atom. The summed E-state index contributed by atoms with van der Waals surface area (Å²) in [6.45, 7) is 3.92. The molecular formula is C10H12N4. The molecule has 4 heteroatoms. The van der Waals surface area contributed by atoms with Gasteiger partial charge in [-0.05, 0) is 25.5 Å². The highest BCUT2D eigenvalue weighted by molar-refractivity contribution is 5.63. The molecule has 0 fully saturated rings. The number of anilines is 1. The van der Waals surface area contributed by atoms with E-state index in [4.69, 9.17) is 5.73 Å². The first kappa shape index (κ1) is 8.74. The maximum absolute atomic E-state index is 5.57. The highest BCUT2D eigenvalue weighted by Gasteiger charge is 2.04. The van der Waals surface area contributed by atoms with Crippen LogP contribution < -0.4 is 5.73 Å². The van der Waals surface area contributed by atoms with Crippen LogP contribution in [0.1, 0.15) is 11.4 Å². The van der Waals surface area contributed by atoms with Crippen molar-refractivity contribution in [2.45, 2.75) is 13.8 Å². The second-order valence-electron chi connectivity index (χ2n) is 3.31. The van der Waals surface area contributed by atoms with Crippen molar-refractivity contribution in [1.29, 1.82) is 0 Å². The van der Waals surface area contributed by atoms with Gasteiger partial charge >= 0.3 is 0 Å². The van der Waals surface area contributed by atoms with Crippen LogP contribution in [0.2, 0.25) is 0 Å². The van der Waals surface area contributed by atoms with Gasteiger partial charge in [-0.3, -0.25) is 0 Å². The lowest BCUT2D eigenvalue weighted by Gasteiger charge is -2.02.